The topological polar surface area (TPSA) is 64.3 Å². The molecule has 1 aromatic carbocycles. The Balaban J connectivity index is 1.69. The first-order valence-corrected chi connectivity index (χ1v) is 8.07. The van der Waals surface area contributed by atoms with Gasteiger partial charge in [0.2, 0.25) is 0 Å². The van der Waals surface area contributed by atoms with Gasteiger partial charge in [0.25, 0.3) is 0 Å². The van der Waals surface area contributed by atoms with Gasteiger partial charge in [-0.15, -0.1) is 0 Å². The average Bonchev–Trinajstić information content (AvgIpc) is 2.62. The lowest BCUT2D eigenvalue weighted by molar-refractivity contribution is 0.278. The van der Waals surface area contributed by atoms with Gasteiger partial charge in [-0.1, -0.05) is 31.4 Å². The summed E-state index contributed by atoms with van der Waals surface area (Å²) < 4.78 is 32.4. The lowest BCUT2D eigenvalue weighted by Gasteiger charge is -2.31. The van der Waals surface area contributed by atoms with Crippen LogP contribution in [-0.2, 0) is 6.61 Å². The quantitative estimate of drug-likeness (QED) is 0.671. The molecule has 0 radical (unpaired) electrons. The molecule has 0 saturated heterocycles. The minimum Gasteiger partial charge on any atom is -0.459 e. The lowest BCUT2D eigenvalue weighted by Crippen LogP contribution is -2.43. The van der Waals surface area contributed by atoms with E-state index >= 15 is 0 Å². The zero-order chi connectivity index (χ0) is 16.9. The van der Waals surface area contributed by atoms with Crippen molar-refractivity contribution in [3.05, 3.63) is 47.7 Å². The fourth-order valence-corrected chi connectivity index (χ4v) is 2.85. The molecule has 1 aromatic heterocycles. The minimum atomic E-state index is -0.572. The molecule has 0 bridgehead atoms. The van der Waals surface area contributed by atoms with Crippen LogP contribution in [0.2, 0.25) is 0 Å². The van der Waals surface area contributed by atoms with Gasteiger partial charge in [-0.2, -0.15) is 4.98 Å². The third-order valence-electron chi connectivity index (χ3n) is 4.20. The number of rotatable bonds is 5. The second-order valence-electron chi connectivity index (χ2n) is 5.94. The zero-order valence-corrected chi connectivity index (χ0v) is 13.3. The summed E-state index contributed by atoms with van der Waals surface area (Å²) in [6.45, 7) is 0.166. The van der Waals surface area contributed by atoms with Gasteiger partial charge in [0.1, 0.15) is 12.4 Å². The summed E-state index contributed by atoms with van der Waals surface area (Å²) in [6, 6.07) is 6.03. The largest absolute Gasteiger partial charge is 0.459 e. The predicted molar refractivity (Wildman–Crippen MR) is 86.3 cm³/mol. The molecule has 0 atom stereocenters. The van der Waals surface area contributed by atoms with Crippen molar-refractivity contribution in [1.82, 2.24) is 9.97 Å². The Morgan fingerprint density at radius 3 is 2.54 bits per heavy atom. The maximum Gasteiger partial charge on any atom is 0.318 e. The molecule has 24 heavy (non-hydrogen) atoms. The second kappa shape index (κ2) is 7.53. The van der Waals surface area contributed by atoms with Crippen molar-refractivity contribution in [2.45, 2.75) is 44.8 Å². The number of nitrogens with two attached hydrogens (primary N) is 1. The molecule has 0 unspecified atom stereocenters. The Kier molecular flexibility index (Phi) is 5.20. The second-order valence-corrected chi connectivity index (χ2v) is 5.94. The fourth-order valence-electron chi connectivity index (χ4n) is 2.85. The van der Waals surface area contributed by atoms with Gasteiger partial charge in [0.15, 0.2) is 11.6 Å². The molecule has 128 valence electrons. The zero-order valence-electron chi connectivity index (χ0n) is 13.3. The normalized spacial score (nSPS) is 15.3. The average molecular weight is 334 g/mol. The third kappa shape index (κ3) is 3.97. The van der Waals surface area contributed by atoms with Crippen molar-refractivity contribution in [2.24, 2.45) is 5.84 Å². The number of hydrazine groups is 1. The standard InChI is InChI=1S/C17H20F2N4O/c18-13-8-6-12(7-9-13)11-24-17-21-10-15(19)16(22-17)23(20)14-4-2-1-3-5-14/h6-10,14H,1-5,11,20H2. The van der Waals surface area contributed by atoms with Gasteiger partial charge in [-0.25, -0.2) is 19.6 Å². The molecular weight excluding hydrogens is 314 g/mol. The summed E-state index contributed by atoms with van der Waals surface area (Å²) in [4.78, 5) is 7.93. The molecule has 2 aromatic rings. The van der Waals surface area contributed by atoms with E-state index in [-0.39, 0.29) is 30.3 Å². The molecule has 0 amide bonds. The first-order valence-electron chi connectivity index (χ1n) is 8.07. The highest BCUT2D eigenvalue weighted by molar-refractivity contribution is 5.39. The van der Waals surface area contributed by atoms with E-state index in [0.29, 0.717) is 0 Å². The fraction of sp³-hybridized carbons (Fsp3) is 0.412. The minimum absolute atomic E-state index is 0.0435. The van der Waals surface area contributed by atoms with Crippen molar-refractivity contribution in [3.63, 3.8) is 0 Å². The van der Waals surface area contributed by atoms with Crippen LogP contribution in [-0.4, -0.2) is 16.0 Å². The highest BCUT2D eigenvalue weighted by atomic mass is 19.1. The molecule has 0 spiro atoms. The van der Waals surface area contributed by atoms with Crippen molar-refractivity contribution < 1.29 is 13.5 Å². The molecule has 5 nitrogen and oxygen atoms in total. The van der Waals surface area contributed by atoms with Crippen LogP contribution < -0.4 is 15.6 Å². The first-order chi connectivity index (χ1) is 11.6. The molecule has 1 aliphatic rings. The van der Waals surface area contributed by atoms with Crippen LogP contribution in [0.15, 0.2) is 30.5 Å². The lowest BCUT2D eigenvalue weighted by atomic mass is 9.95. The Labute approximate surface area is 139 Å². The number of halogens is 2. The smallest absolute Gasteiger partial charge is 0.318 e. The Morgan fingerprint density at radius 2 is 1.83 bits per heavy atom. The van der Waals surface area contributed by atoms with E-state index in [2.05, 4.69) is 9.97 Å². The molecular formula is C17H20F2N4O. The number of hydrogen-bond acceptors (Lipinski definition) is 5. The molecule has 1 saturated carbocycles. The number of benzene rings is 1. The Hall–Kier alpha value is -2.28. The molecule has 1 fully saturated rings. The highest BCUT2D eigenvalue weighted by Gasteiger charge is 2.23. The van der Waals surface area contributed by atoms with Gasteiger partial charge in [0.05, 0.1) is 6.20 Å². The first kappa shape index (κ1) is 16.6. The van der Waals surface area contributed by atoms with E-state index in [4.69, 9.17) is 10.6 Å². The maximum absolute atomic E-state index is 14.0. The van der Waals surface area contributed by atoms with Crippen molar-refractivity contribution in [2.75, 3.05) is 5.01 Å². The van der Waals surface area contributed by atoms with E-state index in [0.717, 1.165) is 37.4 Å². The molecule has 7 heteroatoms. The number of hydrogen-bond donors (Lipinski definition) is 1. The van der Waals surface area contributed by atoms with Crippen LogP contribution in [0.5, 0.6) is 6.01 Å². The Bertz CT molecular complexity index is 675. The van der Waals surface area contributed by atoms with Gasteiger partial charge >= 0.3 is 6.01 Å². The number of anilines is 1. The van der Waals surface area contributed by atoms with Crippen molar-refractivity contribution in [1.29, 1.82) is 0 Å². The van der Waals surface area contributed by atoms with Gasteiger partial charge in [0, 0.05) is 6.04 Å². The molecule has 2 N–H and O–H groups in total. The summed E-state index contributed by atoms with van der Waals surface area (Å²) in [7, 11) is 0. The SMILES string of the molecule is NN(c1nc(OCc2ccc(F)cc2)ncc1F)C1CCCCC1. The van der Waals surface area contributed by atoms with Crippen LogP contribution >= 0.6 is 0 Å². The van der Waals surface area contributed by atoms with Crippen LogP contribution in [0.25, 0.3) is 0 Å². The summed E-state index contributed by atoms with van der Waals surface area (Å²) in [5.74, 6) is 5.23. The highest BCUT2D eigenvalue weighted by Crippen LogP contribution is 2.26. The monoisotopic (exact) mass is 334 g/mol. The number of aromatic nitrogens is 2. The van der Waals surface area contributed by atoms with Gasteiger partial charge in [-0.05, 0) is 30.5 Å². The van der Waals surface area contributed by atoms with Crippen molar-refractivity contribution >= 4 is 5.82 Å². The number of nitrogens with zero attached hydrogens (tertiary/aromatic N) is 3. The van der Waals surface area contributed by atoms with Crippen LogP contribution in [0.4, 0.5) is 14.6 Å². The van der Waals surface area contributed by atoms with Crippen LogP contribution in [0.1, 0.15) is 37.7 Å². The molecule has 1 aliphatic carbocycles. The molecule has 3 rings (SSSR count). The van der Waals surface area contributed by atoms with Gasteiger partial charge in [-0.3, -0.25) is 5.01 Å². The van der Waals surface area contributed by atoms with E-state index < -0.39 is 5.82 Å². The predicted octanol–water partition coefficient (Wildman–Crippen LogP) is 3.35. The van der Waals surface area contributed by atoms with Crippen LogP contribution in [0, 0.1) is 11.6 Å². The maximum atomic E-state index is 14.0. The summed E-state index contributed by atoms with van der Waals surface area (Å²) in [5, 5.41) is 1.39. The van der Waals surface area contributed by atoms with E-state index in [1.807, 2.05) is 0 Å². The van der Waals surface area contributed by atoms with E-state index in [9.17, 15) is 8.78 Å². The van der Waals surface area contributed by atoms with Crippen LogP contribution in [0.3, 0.4) is 0 Å². The third-order valence-corrected chi connectivity index (χ3v) is 4.20. The Morgan fingerprint density at radius 1 is 1.12 bits per heavy atom. The summed E-state index contributed by atoms with van der Waals surface area (Å²) in [5.41, 5.74) is 0.766. The number of ether oxygens (including phenoxy) is 1. The molecule has 0 aliphatic heterocycles. The molecule has 1 heterocycles. The van der Waals surface area contributed by atoms with Crippen molar-refractivity contribution in [3.8, 4) is 6.01 Å². The summed E-state index contributed by atoms with van der Waals surface area (Å²) >= 11 is 0. The van der Waals surface area contributed by atoms with E-state index in [1.54, 1.807) is 12.1 Å². The van der Waals surface area contributed by atoms with E-state index in [1.165, 1.54) is 23.6 Å². The summed E-state index contributed by atoms with van der Waals surface area (Å²) in [6.07, 6.45) is 6.25. The van der Waals surface area contributed by atoms with Gasteiger partial charge < -0.3 is 4.74 Å².